The summed E-state index contributed by atoms with van der Waals surface area (Å²) in [5, 5.41) is 22.9. The number of carbonyl (C=O) groups is 2. The third-order valence-electron chi connectivity index (χ3n) is 8.13. The SMILES string of the molecule is C=C.CC.CCCN1CC(C)C[C@@H](O)CCC(=O)C(C)(C)C(=O)OC[C@H]1CCCNCc1cncnc1.C[C@H]1C[C@@H](C)O[C@@H](O)C1.[HH]. The van der Waals surface area contributed by atoms with E-state index in [9.17, 15) is 14.7 Å². The molecule has 0 aliphatic carbocycles. The van der Waals surface area contributed by atoms with E-state index < -0.39 is 23.8 Å². The zero-order valence-electron chi connectivity index (χ0n) is 30.2. The number of aliphatic hydroxyl groups excluding tert-OH is 2. The number of ketones is 1. The highest BCUT2D eigenvalue weighted by atomic mass is 16.6. The molecule has 10 heteroatoms. The van der Waals surface area contributed by atoms with Crippen molar-refractivity contribution in [2.45, 2.75) is 138 Å². The first-order valence-electron chi connectivity index (χ1n) is 17.3. The number of nitrogens with zero attached hydrogens (tertiary/aromatic N) is 3. The summed E-state index contributed by atoms with van der Waals surface area (Å²) in [4.78, 5) is 35.9. The van der Waals surface area contributed by atoms with Crippen LogP contribution < -0.4 is 5.32 Å². The van der Waals surface area contributed by atoms with E-state index in [4.69, 9.17) is 14.6 Å². The van der Waals surface area contributed by atoms with Crippen molar-refractivity contribution >= 4 is 11.8 Å². The number of nitrogens with one attached hydrogen (secondary N) is 1. The molecule has 0 spiro atoms. The van der Waals surface area contributed by atoms with Gasteiger partial charge >= 0.3 is 5.97 Å². The van der Waals surface area contributed by atoms with Gasteiger partial charge in [0.2, 0.25) is 0 Å². The molecule has 2 saturated heterocycles. The summed E-state index contributed by atoms with van der Waals surface area (Å²) in [7, 11) is 0. The van der Waals surface area contributed by atoms with Gasteiger partial charge in [-0.05, 0) is 84.2 Å². The van der Waals surface area contributed by atoms with Crippen LogP contribution >= 0.6 is 0 Å². The van der Waals surface area contributed by atoms with Crippen LogP contribution in [0.3, 0.4) is 0 Å². The molecule has 0 bridgehead atoms. The van der Waals surface area contributed by atoms with Gasteiger partial charge in [-0.2, -0.15) is 0 Å². The van der Waals surface area contributed by atoms with E-state index in [0.29, 0.717) is 25.3 Å². The first-order chi connectivity index (χ1) is 21.9. The maximum Gasteiger partial charge on any atom is 0.319 e. The minimum absolute atomic E-state index is 0. The number of Topliss-reactive ketones (excluding diaryl/α,β-unsaturated/α-hetero) is 1. The minimum Gasteiger partial charge on any atom is -0.463 e. The van der Waals surface area contributed by atoms with Gasteiger partial charge in [-0.1, -0.05) is 34.6 Å². The van der Waals surface area contributed by atoms with Crippen LogP contribution in [0.15, 0.2) is 31.9 Å². The molecule has 2 aliphatic rings. The van der Waals surface area contributed by atoms with Gasteiger partial charge in [-0.3, -0.25) is 14.5 Å². The van der Waals surface area contributed by atoms with Crippen LogP contribution in [0.4, 0.5) is 0 Å². The molecular formula is C36H68N4O6. The lowest BCUT2D eigenvalue weighted by atomic mass is 9.85. The molecule has 2 fully saturated rings. The Balaban J connectivity index is 0. The van der Waals surface area contributed by atoms with Crippen LogP contribution in [-0.4, -0.2) is 87.6 Å². The van der Waals surface area contributed by atoms with Crippen molar-refractivity contribution in [3.63, 3.8) is 0 Å². The fraction of sp³-hybridized carbons (Fsp3) is 0.778. The lowest BCUT2D eigenvalue weighted by Gasteiger charge is -2.34. The number of aromatic nitrogens is 2. The molecule has 3 rings (SSSR count). The lowest BCUT2D eigenvalue weighted by molar-refractivity contribution is -0.169. The van der Waals surface area contributed by atoms with E-state index in [-0.39, 0.29) is 38.3 Å². The van der Waals surface area contributed by atoms with Crippen molar-refractivity contribution < 1.29 is 30.7 Å². The lowest BCUT2D eigenvalue weighted by Crippen LogP contribution is -2.44. The molecule has 10 nitrogen and oxygen atoms in total. The highest BCUT2D eigenvalue weighted by Gasteiger charge is 2.38. The Labute approximate surface area is 281 Å². The Hall–Kier alpha value is -2.24. The van der Waals surface area contributed by atoms with Crippen molar-refractivity contribution in [1.29, 1.82) is 0 Å². The summed E-state index contributed by atoms with van der Waals surface area (Å²) in [6.45, 7) is 25.2. The van der Waals surface area contributed by atoms with Gasteiger partial charge in [-0.25, -0.2) is 9.97 Å². The molecule has 1 aromatic rings. The number of esters is 1. The average Bonchev–Trinajstić information content (AvgIpc) is 3.02. The fourth-order valence-electron chi connectivity index (χ4n) is 5.72. The van der Waals surface area contributed by atoms with E-state index in [1.165, 1.54) is 6.33 Å². The summed E-state index contributed by atoms with van der Waals surface area (Å²) >= 11 is 0. The smallest absolute Gasteiger partial charge is 0.319 e. The molecule has 0 radical (unpaired) electrons. The van der Waals surface area contributed by atoms with Crippen molar-refractivity contribution in [3.05, 3.63) is 37.4 Å². The molecule has 46 heavy (non-hydrogen) atoms. The number of aliphatic hydroxyl groups is 2. The highest BCUT2D eigenvalue weighted by molar-refractivity contribution is 6.02. The first kappa shape index (κ1) is 43.8. The first-order valence-corrected chi connectivity index (χ1v) is 17.3. The fourth-order valence-corrected chi connectivity index (χ4v) is 5.72. The Kier molecular flexibility index (Phi) is 23.7. The quantitative estimate of drug-likeness (QED) is 0.134. The number of rotatable bonds is 8. The number of carbonyl (C=O) groups excluding carboxylic acids is 2. The third-order valence-corrected chi connectivity index (χ3v) is 8.13. The van der Waals surface area contributed by atoms with Gasteiger partial charge in [0.05, 0.1) is 12.2 Å². The normalized spacial score (nSPS) is 27.3. The van der Waals surface area contributed by atoms with E-state index in [1.54, 1.807) is 26.2 Å². The molecule has 2 aliphatic heterocycles. The molecule has 3 heterocycles. The Morgan fingerprint density at radius 2 is 1.72 bits per heavy atom. The number of hydrogen-bond donors (Lipinski definition) is 3. The van der Waals surface area contributed by atoms with Crippen molar-refractivity contribution in [2.75, 3.05) is 26.2 Å². The molecule has 1 aromatic heterocycles. The second-order valence-corrected chi connectivity index (χ2v) is 12.9. The van der Waals surface area contributed by atoms with Crippen LogP contribution in [0.1, 0.15) is 114 Å². The van der Waals surface area contributed by atoms with Crippen LogP contribution in [0.5, 0.6) is 0 Å². The number of ether oxygens (including phenoxy) is 2. The molecular weight excluding hydrogens is 584 g/mol. The zero-order valence-corrected chi connectivity index (χ0v) is 30.2. The number of hydrogen-bond acceptors (Lipinski definition) is 10. The van der Waals surface area contributed by atoms with Crippen LogP contribution in [-0.2, 0) is 25.6 Å². The second-order valence-electron chi connectivity index (χ2n) is 12.9. The van der Waals surface area contributed by atoms with E-state index in [2.05, 4.69) is 54.1 Å². The topological polar surface area (TPSA) is 134 Å². The Bertz CT molecular complexity index is 916. The summed E-state index contributed by atoms with van der Waals surface area (Å²) in [5.74, 6) is 0.251. The van der Waals surface area contributed by atoms with Gasteiger partial charge in [0, 0.05) is 51.4 Å². The van der Waals surface area contributed by atoms with Crippen LogP contribution in [0, 0.1) is 17.3 Å². The Morgan fingerprint density at radius 3 is 2.30 bits per heavy atom. The van der Waals surface area contributed by atoms with E-state index in [0.717, 1.165) is 57.3 Å². The van der Waals surface area contributed by atoms with Crippen molar-refractivity contribution in [2.24, 2.45) is 17.3 Å². The van der Waals surface area contributed by atoms with Crippen molar-refractivity contribution in [3.8, 4) is 0 Å². The highest BCUT2D eigenvalue weighted by Crippen LogP contribution is 2.25. The molecule has 1 unspecified atom stereocenters. The summed E-state index contributed by atoms with van der Waals surface area (Å²) in [6, 6.07) is 0.0713. The summed E-state index contributed by atoms with van der Waals surface area (Å²) < 4.78 is 10.8. The molecule has 3 N–H and O–H groups in total. The van der Waals surface area contributed by atoms with Gasteiger partial charge in [-0.15, -0.1) is 13.2 Å². The van der Waals surface area contributed by atoms with Crippen LogP contribution in [0.25, 0.3) is 0 Å². The molecule has 6 atom stereocenters. The predicted molar refractivity (Wildman–Crippen MR) is 187 cm³/mol. The Morgan fingerprint density at radius 1 is 1.07 bits per heavy atom. The summed E-state index contributed by atoms with van der Waals surface area (Å²) in [5.41, 5.74) is -0.154. The van der Waals surface area contributed by atoms with E-state index >= 15 is 0 Å². The third kappa shape index (κ3) is 17.6. The van der Waals surface area contributed by atoms with Gasteiger partial charge in [0.25, 0.3) is 0 Å². The van der Waals surface area contributed by atoms with Gasteiger partial charge in [0.15, 0.2) is 6.29 Å². The maximum atomic E-state index is 12.8. The van der Waals surface area contributed by atoms with Crippen molar-refractivity contribution in [1.82, 2.24) is 20.2 Å². The standard InChI is InChI=1S/C25H42N4O4.C7H14O2.C2H6.C2H4.H2/c1-5-11-29-16-19(2)12-22(30)8-9-23(31)25(3,4)24(32)33-17-21(29)7-6-10-26-13-20-14-27-18-28-15-20;1-5-3-6(2)9-7(8)4-5;2*1-2;/h14-15,18-19,21-22,26,30H,5-13,16-17H2,1-4H3;5-8H,3-4H2,1-2H3;1-2H3;1-2H2;1H/t19?,21-,22+;5-,6+,7+;;;/m10.../s1. The second kappa shape index (κ2) is 24.9. The molecule has 268 valence electrons. The maximum absolute atomic E-state index is 12.8. The largest absolute Gasteiger partial charge is 0.463 e. The van der Waals surface area contributed by atoms with Crippen LogP contribution in [0.2, 0.25) is 0 Å². The molecule has 0 amide bonds. The van der Waals surface area contributed by atoms with Gasteiger partial charge < -0.3 is 25.0 Å². The van der Waals surface area contributed by atoms with E-state index in [1.807, 2.05) is 20.8 Å². The molecule has 0 aromatic carbocycles. The minimum atomic E-state index is -1.20. The predicted octanol–water partition coefficient (Wildman–Crippen LogP) is 5.96. The number of cyclic esters (lactones) is 1. The van der Waals surface area contributed by atoms with Gasteiger partial charge in [0.1, 0.15) is 24.1 Å². The monoisotopic (exact) mass is 653 g/mol. The zero-order chi connectivity index (χ0) is 35.1. The summed E-state index contributed by atoms with van der Waals surface area (Å²) in [6.07, 6.45) is 10.2. The average molecular weight is 653 g/mol. The molecule has 0 saturated carbocycles.